The van der Waals surface area contributed by atoms with Crippen LogP contribution in [0.15, 0.2) is 24.3 Å². The number of rotatable bonds is 5. The van der Waals surface area contributed by atoms with Gasteiger partial charge in [0.05, 0.1) is 18.2 Å². The zero-order chi connectivity index (χ0) is 16.8. The topological polar surface area (TPSA) is 83.2 Å². The normalized spacial score (nSPS) is 16.3. The Balaban J connectivity index is 2.18. The molecule has 1 aromatic rings. The lowest BCUT2D eigenvalue weighted by molar-refractivity contribution is -0.141. The fourth-order valence-electron chi connectivity index (χ4n) is 2.61. The maximum absolute atomic E-state index is 12.9. The second-order valence-corrected chi connectivity index (χ2v) is 5.73. The summed E-state index contributed by atoms with van der Waals surface area (Å²) in [4.78, 5) is 12.9. The zero-order valence-corrected chi connectivity index (χ0v) is 13.5. The first-order valence-electron chi connectivity index (χ1n) is 7.86. The van der Waals surface area contributed by atoms with Crippen molar-refractivity contribution >= 4 is 11.6 Å². The highest BCUT2D eigenvalue weighted by Crippen LogP contribution is 2.20. The summed E-state index contributed by atoms with van der Waals surface area (Å²) in [6.45, 7) is 5.23. The van der Waals surface area contributed by atoms with Crippen LogP contribution in [0.4, 0.5) is 5.69 Å². The number of amides is 1. The van der Waals surface area contributed by atoms with Gasteiger partial charge >= 0.3 is 0 Å². The maximum Gasteiger partial charge on any atom is 0.264 e. The predicted molar refractivity (Wildman–Crippen MR) is 86.7 cm³/mol. The molecule has 0 saturated carbocycles. The zero-order valence-electron chi connectivity index (χ0n) is 13.5. The van der Waals surface area contributed by atoms with Crippen molar-refractivity contribution in [3.8, 4) is 12.3 Å². The molecule has 0 spiro atoms. The third-order valence-electron chi connectivity index (χ3n) is 4.22. The molecule has 2 atom stereocenters. The van der Waals surface area contributed by atoms with Crippen LogP contribution in [0.2, 0.25) is 0 Å². The van der Waals surface area contributed by atoms with Crippen LogP contribution in [0, 0.1) is 28.7 Å². The third kappa shape index (κ3) is 3.73. The number of nitrogens with one attached hydrogen (secondary N) is 1. The number of nitriles is 2. The van der Waals surface area contributed by atoms with Gasteiger partial charge in [0.15, 0.2) is 6.19 Å². The first kappa shape index (κ1) is 16.6. The quantitative estimate of drug-likeness (QED) is 0.844. The van der Waals surface area contributed by atoms with Gasteiger partial charge in [-0.3, -0.25) is 4.79 Å². The standard InChI is InChI=1S/C17H21N5O/c1-3-13(2)16(17(23)22-10-4-9-21(22)12-19)20-15-7-5-14(11-18)6-8-15/h5-8,13,16,20H,3-4,9-10H2,1-2H3. The van der Waals surface area contributed by atoms with Crippen molar-refractivity contribution in [2.75, 3.05) is 18.4 Å². The van der Waals surface area contributed by atoms with Gasteiger partial charge in [-0.1, -0.05) is 20.3 Å². The van der Waals surface area contributed by atoms with Crippen LogP contribution in [-0.4, -0.2) is 35.1 Å². The second-order valence-electron chi connectivity index (χ2n) is 5.73. The minimum absolute atomic E-state index is 0.0808. The Kier molecular flexibility index (Phi) is 5.43. The number of anilines is 1. The summed E-state index contributed by atoms with van der Waals surface area (Å²) in [5.41, 5.74) is 1.38. The molecule has 1 amide bonds. The van der Waals surface area contributed by atoms with Gasteiger partial charge in [-0.15, -0.1) is 0 Å². The van der Waals surface area contributed by atoms with Crippen molar-refractivity contribution in [1.82, 2.24) is 10.0 Å². The van der Waals surface area contributed by atoms with Gasteiger partial charge in [-0.2, -0.15) is 10.5 Å². The van der Waals surface area contributed by atoms with E-state index in [4.69, 9.17) is 10.5 Å². The molecule has 23 heavy (non-hydrogen) atoms. The molecule has 0 aliphatic carbocycles. The van der Waals surface area contributed by atoms with Crippen LogP contribution in [-0.2, 0) is 4.79 Å². The molecule has 1 N–H and O–H groups in total. The van der Waals surface area contributed by atoms with E-state index in [2.05, 4.69) is 17.6 Å². The monoisotopic (exact) mass is 311 g/mol. The summed E-state index contributed by atoms with van der Waals surface area (Å²) in [6.07, 6.45) is 3.72. The van der Waals surface area contributed by atoms with Gasteiger partial charge in [0.2, 0.25) is 0 Å². The summed E-state index contributed by atoms with van der Waals surface area (Å²) < 4.78 is 0. The largest absolute Gasteiger partial charge is 0.373 e. The van der Waals surface area contributed by atoms with Crippen LogP contribution in [0.5, 0.6) is 0 Å². The number of benzene rings is 1. The third-order valence-corrected chi connectivity index (χ3v) is 4.22. The first-order valence-corrected chi connectivity index (χ1v) is 7.86. The molecule has 6 nitrogen and oxygen atoms in total. The lowest BCUT2D eigenvalue weighted by Gasteiger charge is -2.31. The van der Waals surface area contributed by atoms with Crippen LogP contribution in [0.1, 0.15) is 32.3 Å². The predicted octanol–water partition coefficient (Wildman–Crippen LogP) is 2.32. The molecule has 1 heterocycles. The average molecular weight is 311 g/mol. The van der Waals surface area contributed by atoms with Crippen LogP contribution >= 0.6 is 0 Å². The van der Waals surface area contributed by atoms with Gasteiger partial charge in [0.1, 0.15) is 6.04 Å². The molecule has 1 aliphatic rings. The SMILES string of the molecule is CCC(C)C(Nc1ccc(C#N)cc1)C(=O)N1CCCN1C#N. The molecular weight excluding hydrogens is 290 g/mol. The number of hydrazine groups is 1. The van der Waals surface area contributed by atoms with Crippen LogP contribution in [0.25, 0.3) is 0 Å². The number of carbonyl (C=O) groups excluding carboxylic acids is 1. The van der Waals surface area contributed by atoms with Crippen LogP contribution in [0.3, 0.4) is 0 Å². The fourth-order valence-corrected chi connectivity index (χ4v) is 2.61. The Bertz CT molecular complexity index is 628. The molecule has 1 fully saturated rings. The van der Waals surface area contributed by atoms with E-state index >= 15 is 0 Å². The Hall–Kier alpha value is -2.73. The van der Waals surface area contributed by atoms with E-state index in [-0.39, 0.29) is 11.8 Å². The first-order chi connectivity index (χ1) is 11.1. The molecule has 1 aromatic carbocycles. The lowest BCUT2D eigenvalue weighted by atomic mass is 9.97. The van der Waals surface area contributed by atoms with Gasteiger partial charge in [0.25, 0.3) is 5.91 Å². The Labute approximate surface area is 136 Å². The molecule has 1 saturated heterocycles. The Morgan fingerprint density at radius 3 is 2.57 bits per heavy atom. The molecule has 0 bridgehead atoms. The highest BCUT2D eigenvalue weighted by atomic mass is 16.2. The second kappa shape index (κ2) is 7.51. The van der Waals surface area contributed by atoms with Crippen LogP contribution < -0.4 is 5.32 Å². The van der Waals surface area contributed by atoms with Gasteiger partial charge in [-0.05, 0) is 36.6 Å². The number of hydrogen-bond acceptors (Lipinski definition) is 5. The van der Waals surface area contributed by atoms with E-state index in [0.717, 1.165) is 18.5 Å². The molecule has 0 aromatic heterocycles. The summed E-state index contributed by atoms with van der Waals surface area (Å²) in [7, 11) is 0. The summed E-state index contributed by atoms with van der Waals surface area (Å²) in [5, 5.41) is 24.2. The summed E-state index contributed by atoms with van der Waals surface area (Å²) in [5.74, 6) is 0.0436. The van der Waals surface area contributed by atoms with Gasteiger partial charge < -0.3 is 5.32 Å². The van der Waals surface area contributed by atoms with E-state index in [1.165, 1.54) is 10.0 Å². The van der Waals surface area contributed by atoms with E-state index in [1.54, 1.807) is 24.3 Å². The fraction of sp³-hybridized carbons (Fsp3) is 0.471. The van der Waals surface area contributed by atoms with Crippen molar-refractivity contribution in [3.05, 3.63) is 29.8 Å². The van der Waals surface area contributed by atoms with E-state index in [0.29, 0.717) is 18.7 Å². The number of nitrogens with zero attached hydrogens (tertiary/aromatic N) is 4. The average Bonchev–Trinajstić information content (AvgIpc) is 3.07. The molecule has 0 radical (unpaired) electrons. The molecule has 6 heteroatoms. The summed E-state index contributed by atoms with van der Waals surface area (Å²) in [6, 6.07) is 8.71. The molecule has 1 aliphatic heterocycles. The molecule has 120 valence electrons. The van der Waals surface area contributed by atoms with Crippen molar-refractivity contribution < 1.29 is 4.79 Å². The Morgan fingerprint density at radius 2 is 2.00 bits per heavy atom. The Morgan fingerprint density at radius 1 is 1.30 bits per heavy atom. The van der Waals surface area contributed by atoms with Crippen molar-refractivity contribution in [3.63, 3.8) is 0 Å². The van der Waals surface area contributed by atoms with E-state index in [9.17, 15) is 4.79 Å². The van der Waals surface area contributed by atoms with E-state index in [1.807, 2.05) is 13.8 Å². The van der Waals surface area contributed by atoms with Crippen molar-refractivity contribution in [2.24, 2.45) is 5.92 Å². The van der Waals surface area contributed by atoms with E-state index < -0.39 is 6.04 Å². The number of carbonyl (C=O) groups is 1. The highest BCUT2D eigenvalue weighted by Gasteiger charge is 2.33. The summed E-state index contributed by atoms with van der Waals surface area (Å²) >= 11 is 0. The minimum atomic E-state index is -0.401. The van der Waals surface area contributed by atoms with Gasteiger partial charge in [-0.25, -0.2) is 10.0 Å². The smallest absolute Gasteiger partial charge is 0.264 e. The highest BCUT2D eigenvalue weighted by molar-refractivity contribution is 5.85. The van der Waals surface area contributed by atoms with Gasteiger partial charge in [0, 0.05) is 12.2 Å². The molecule has 2 rings (SSSR count). The lowest BCUT2D eigenvalue weighted by Crippen LogP contribution is -2.49. The minimum Gasteiger partial charge on any atom is -0.373 e. The number of hydrogen-bond donors (Lipinski definition) is 1. The van der Waals surface area contributed by atoms with Crippen molar-refractivity contribution in [1.29, 1.82) is 10.5 Å². The maximum atomic E-state index is 12.9. The molecular formula is C17H21N5O. The van der Waals surface area contributed by atoms with Crippen molar-refractivity contribution in [2.45, 2.75) is 32.7 Å². The molecule has 2 unspecified atom stereocenters.